The van der Waals surface area contributed by atoms with Crippen LogP contribution in [0.2, 0.25) is 0 Å². The van der Waals surface area contributed by atoms with Gasteiger partial charge in [0.2, 0.25) is 0 Å². The topological polar surface area (TPSA) is 0 Å². The fraction of sp³-hybridized carbons (Fsp3) is 0.423. The van der Waals surface area contributed by atoms with Crippen LogP contribution >= 0.6 is 0 Å². The molecule has 10 rings (SSSR count). The number of fused-ring (bicyclic) bond motifs is 2. The molecule has 0 nitrogen and oxygen atoms in total. The summed E-state index contributed by atoms with van der Waals surface area (Å²) in [5.74, 6) is 4.86. The van der Waals surface area contributed by atoms with Gasteiger partial charge in [0.15, 0.2) is 0 Å². The van der Waals surface area contributed by atoms with E-state index in [4.69, 9.17) is 0 Å². The van der Waals surface area contributed by atoms with Crippen molar-refractivity contribution in [2.24, 2.45) is 35.5 Å². The van der Waals surface area contributed by atoms with Crippen LogP contribution in [0.4, 0.5) is 0 Å². The minimum atomic E-state index is -0.0778. The van der Waals surface area contributed by atoms with E-state index in [9.17, 15) is 0 Å². The molecule has 4 fully saturated rings. The molecular weight excluding hydrogens is 787 g/mol. The average Bonchev–Trinajstić information content (AvgIpc) is 3.61. The van der Waals surface area contributed by atoms with Crippen molar-refractivity contribution in [1.82, 2.24) is 0 Å². The van der Waals surface area contributed by atoms with Crippen LogP contribution in [0.5, 0.6) is 0 Å². The normalized spacial score (nSPS) is 24.8. The van der Waals surface area contributed by atoms with Gasteiger partial charge in [0.25, 0.3) is 0 Å². The standard InChI is InChI=1S/C52H57.2ClH.Zr/c1-30-10-14-35(15-11-30)48(36-16-12-31(2)13-17-36)50-46(52(7,8)9)29-44-43-28-41(51(4,5)6)19-18-37(43)26-45(44)49(50)42-27-38(20-32(42)3)47-39-22-33-21-34(24-39)25-40(47)23-33;;;/h10-20,27-29,32-34,39-40,47H,21-25H2,1-9H3;2*1H;/q;;;+2/p-2. The van der Waals surface area contributed by atoms with Gasteiger partial charge < -0.3 is 24.8 Å². The van der Waals surface area contributed by atoms with E-state index < -0.39 is 0 Å². The molecule has 4 saturated carbocycles. The van der Waals surface area contributed by atoms with E-state index >= 15 is 0 Å². The van der Waals surface area contributed by atoms with Crippen molar-refractivity contribution < 1.29 is 49.5 Å². The van der Waals surface area contributed by atoms with Gasteiger partial charge in [-0.2, -0.15) is 0 Å². The van der Waals surface area contributed by atoms with E-state index in [1.807, 2.05) is 0 Å². The number of rotatable bonds is 4. The Kier molecular flexibility index (Phi) is 10.9. The van der Waals surface area contributed by atoms with Gasteiger partial charge in [0.05, 0.1) is 0 Å². The van der Waals surface area contributed by atoms with Crippen molar-refractivity contribution in [2.75, 3.05) is 0 Å². The number of allylic oxidation sites excluding steroid dienone is 4. The molecule has 283 valence electrons. The van der Waals surface area contributed by atoms with E-state index in [2.05, 4.69) is 147 Å². The molecule has 0 N–H and O–H groups in total. The Bertz CT molecular complexity index is 2370. The Hall–Kier alpha value is -2.44. The molecule has 0 spiro atoms. The molecule has 3 heteroatoms. The van der Waals surface area contributed by atoms with Gasteiger partial charge in [-0.15, -0.1) is 0 Å². The van der Waals surface area contributed by atoms with Gasteiger partial charge in [-0.05, 0) is 0 Å². The van der Waals surface area contributed by atoms with Gasteiger partial charge in [-0.25, -0.2) is 0 Å². The summed E-state index contributed by atoms with van der Waals surface area (Å²) < 4.78 is 1.52. The number of aryl methyl sites for hydroxylation is 2. The van der Waals surface area contributed by atoms with Gasteiger partial charge in [-0.3, -0.25) is 0 Å². The molecule has 0 radical (unpaired) electrons. The molecule has 4 aromatic carbocycles. The molecular formula is C52H57Cl2Zr. The van der Waals surface area contributed by atoms with Crippen LogP contribution in [-0.4, -0.2) is 0 Å². The van der Waals surface area contributed by atoms with Crippen molar-refractivity contribution in [3.63, 3.8) is 0 Å². The molecule has 1 atom stereocenters. The minimum absolute atomic E-state index is 0. The number of halogens is 2. The fourth-order valence-electron chi connectivity index (χ4n) is 11.5. The molecule has 55 heavy (non-hydrogen) atoms. The maximum absolute atomic E-state index is 2.75. The quantitative estimate of drug-likeness (QED) is 0.256. The number of benzene rings is 4. The second-order valence-corrected chi connectivity index (χ2v) is 21.1. The molecule has 6 aliphatic rings. The first-order valence-corrected chi connectivity index (χ1v) is 21.8. The second-order valence-electron chi connectivity index (χ2n) is 19.9. The SMILES string of the molecule is Cc1ccc(C(c2ccc(C)cc2)=c2c(C(C)(C)C)cc3c(c2C2=CC(C4C5CC6CC(C5)CC4C6)=CC2C)[C]([Zr+2])=c2ccc(C(C)(C)C)cc2=3)cc1.[Cl-].[Cl-]. The predicted octanol–water partition coefficient (Wildman–Crippen LogP) is 5.49. The fourth-order valence-corrected chi connectivity index (χ4v) is 12.7. The largest absolute Gasteiger partial charge is 1.00 e. The van der Waals surface area contributed by atoms with Gasteiger partial charge in [0.1, 0.15) is 0 Å². The van der Waals surface area contributed by atoms with Gasteiger partial charge in [-0.1, -0.05) is 0 Å². The summed E-state index contributed by atoms with van der Waals surface area (Å²) >= 11 is 1.49. The third-order valence-electron chi connectivity index (χ3n) is 13.9. The van der Waals surface area contributed by atoms with Crippen molar-refractivity contribution in [2.45, 2.75) is 105 Å². The smallest absolute Gasteiger partial charge is 1.00 e. The molecule has 0 saturated heterocycles. The maximum atomic E-state index is 2.75. The summed E-state index contributed by atoms with van der Waals surface area (Å²) in [6.07, 6.45) is 12.8. The first-order valence-electron chi connectivity index (χ1n) is 20.6. The first-order chi connectivity index (χ1) is 25.2. The van der Waals surface area contributed by atoms with E-state index in [0.717, 1.165) is 29.6 Å². The van der Waals surface area contributed by atoms with Crippen LogP contribution in [0, 0.1) is 59.8 Å². The predicted molar refractivity (Wildman–Crippen MR) is 219 cm³/mol. The molecule has 0 amide bonds. The molecule has 4 aromatic rings. The van der Waals surface area contributed by atoms with Crippen molar-refractivity contribution in [1.29, 1.82) is 0 Å². The van der Waals surface area contributed by atoms with Crippen LogP contribution in [-0.2, 0) is 35.5 Å². The first kappa shape index (κ1) is 40.7. The van der Waals surface area contributed by atoms with Crippen molar-refractivity contribution >= 4 is 14.4 Å². The summed E-state index contributed by atoms with van der Waals surface area (Å²) in [6, 6.07) is 28.8. The number of hydrogen-bond donors (Lipinski definition) is 0. The summed E-state index contributed by atoms with van der Waals surface area (Å²) in [5.41, 5.74) is 15.7. The Morgan fingerprint density at radius 2 is 1.16 bits per heavy atom. The maximum Gasteiger partial charge on any atom is -1.00 e. The van der Waals surface area contributed by atoms with Gasteiger partial charge in [0, 0.05) is 0 Å². The zero-order valence-electron chi connectivity index (χ0n) is 34.3. The van der Waals surface area contributed by atoms with Crippen LogP contribution < -0.4 is 35.3 Å². The Balaban J connectivity index is 0.00000233. The zero-order chi connectivity index (χ0) is 37.1. The van der Waals surface area contributed by atoms with Crippen LogP contribution in [0.15, 0.2) is 90.5 Å². The Morgan fingerprint density at radius 3 is 1.67 bits per heavy atom. The Morgan fingerprint density at radius 1 is 0.618 bits per heavy atom. The molecule has 4 bridgehead atoms. The minimum Gasteiger partial charge on any atom is -1.00 e. The molecule has 6 aliphatic carbocycles. The van der Waals surface area contributed by atoms with Gasteiger partial charge >= 0.3 is 336 Å². The van der Waals surface area contributed by atoms with Crippen LogP contribution in [0.3, 0.4) is 0 Å². The summed E-state index contributed by atoms with van der Waals surface area (Å²) in [5, 5.41) is 5.78. The summed E-state index contributed by atoms with van der Waals surface area (Å²) in [6.45, 7) is 21.3. The molecule has 0 aliphatic heterocycles. The van der Waals surface area contributed by atoms with E-state index in [1.54, 1.807) is 11.1 Å². The summed E-state index contributed by atoms with van der Waals surface area (Å²) in [4.78, 5) is 0. The van der Waals surface area contributed by atoms with E-state index in [-0.39, 0.29) is 35.6 Å². The second kappa shape index (κ2) is 14.7. The Labute approximate surface area is 358 Å². The molecule has 1 unspecified atom stereocenters. The van der Waals surface area contributed by atoms with Crippen LogP contribution in [0.1, 0.15) is 125 Å². The monoisotopic (exact) mass is 841 g/mol. The molecule has 0 aromatic heterocycles. The van der Waals surface area contributed by atoms with Crippen molar-refractivity contribution in [3.8, 4) is 0 Å². The summed E-state index contributed by atoms with van der Waals surface area (Å²) in [7, 11) is 0. The van der Waals surface area contributed by atoms with E-state index in [1.165, 1.54) is 131 Å². The van der Waals surface area contributed by atoms with Crippen LogP contribution in [0.25, 0.3) is 14.4 Å². The average molecular weight is 844 g/mol. The third-order valence-corrected chi connectivity index (χ3v) is 15.2. The van der Waals surface area contributed by atoms with Crippen molar-refractivity contribution in [3.05, 3.63) is 156 Å². The number of hydrogen-bond acceptors (Lipinski definition) is 0. The van der Waals surface area contributed by atoms with E-state index in [0.29, 0.717) is 5.92 Å². The third kappa shape index (κ3) is 7.00. The molecule has 0 heterocycles. The zero-order valence-corrected chi connectivity index (χ0v) is 38.3.